The Morgan fingerprint density at radius 1 is 1.50 bits per heavy atom. The molecule has 0 radical (unpaired) electrons. The lowest BCUT2D eigenvalue weighted by Gasteiger charge is -2.38. The minimum Gasteiger partial charge on any atom is -0.324 e. The second kappa shape index (κ2) is 4.14. The molecular formula is C8H19N3O2S. The van der Waals surface area contributed by atoms with Crippen LogP contribution in [-0.2, 0) is 10.2 Å². The van der Waals surface area contributed by atoms with Crippen molar-refractivity contribution in [3.63, 3.8) is 0 Å². The van der Waals surface area contributed by atoms with Gasteiger partial charge in [-0.15, -0.1) is 0 Å². The van der Waals surface area contributed by atoms with Gasteiger partial charge in [0.1, 0.15) is 0 Å². The Labute approximate surface area is 85.8 Å². The molecule has 0 heterocycles. The Balaban J connectivity index is 2.44. The predicted molar refractivity (Wildman–Crippen MR) is 56.0 cm³/mol. The zero-order valence-electron chi connectivity index (χ0n) is 8.78. The van der Waals surface area contributed by atoms with Gasteiger partial charge in [-0.2, -0.15) is 12.7 Å². The minimum atomic E-state index is -3.32. The highest BCUT2D eigenvalue weighted by Crippen LogP contribution is 2.28. The van der Waals surface area contributed by atoms with Crippen molar-refractivity contribution in [1.29, 1.82) is 0 Å². The molecule has 0 aromatic heterocycles. The monoisotopic (exact) mass is 221 g/mol. The van der Waals surface area contributed by atoms with Crippen molar-refractivity contribution in [3.8, 4) is 0 Å². The summed E-state index contributed by atoms with van der Waals surface area (Å²) in [6.45, 7) is 2.60. The van der Waals surface area contributed by atoms with Gasteiger partial charge in [-0.05, 0) is 19.3 Å². The fourth-order valence-electron chi connectivity index (χ4n) is 1.32. The van der Waals surface area contributed by atoms with Crippen molar-refractivity contribution in [2.75, 3.05) is 20.1 Å². The van der Waals surface area contributed by atoms with E-state index in [1.807, 2.05) is 0 Å². The van der Waals surface area contributed by atoms with Gasteiger partial charge in [0.15, 0.2) is 0 Å². The highest BCUT2D eigenvalue weighted by Gasteiger charge is 2.33. The standard InChI is InChI=1S/C8H19N3O2S/c1-3-11(2)14(12,13)10-7-8(9)5-4-6-8/h10H,3-7,9H2,1-2H3. The number of hydrogen-bond donors (Lipinski definition) is 2. The molecule has 0 aliphatic heterocycles. The first kappa shape index (κ1) is 11.9. The van der Waals surface area contributed by atoms with Gasteiger partial charge in [0.05, 0.1) is 0 Å². The van der Waals surface area contributed by atoms with E-state index < -0.39 is 10.2 Å². The molecule has 0 bridgehead atoms. The molecule has 1 fully saturated rings. The van der Waals surface area contributed by atoms with E-state index in [4.69, 9.17) is 5.73 Å². The van der Waals surface area contributed by atoms with Gasteiger partial charge < -0.3 is 5.73 Å². The van der Waals surface area contributed by atoms with Crippen molar-refractivity contribution in [2.24, 2.45) is 5.73 Å². The Morgan fingerprint density at radius 3 is 2.43 bits per heavy atom. The number of nitrogens with two attached hydrogens (primary N) is 1. The molecule has 0 aromatic rings. The van der Waals surface area contributed by atoms with Crippen LogP contribution in [0.4, 0.5) is 0 Å². The smallest absolute Gasteiger partial charge is 0.279 e. The molecule has 84 valence electrons. The van der Waals surface area contributed by atoms with Gasteiger partial charge in [-0.3, -0.25) is 0 Å². The van der Waals surface area contributed by atoms with E-state index in [9.17, 15) is 8.42 Å². The van der Waals surface area contributed by atoms with Crippen LogP contribution < -0.4 is 10.5 Å². The Bertz CT molecular complexity index is 285. The largest absolute Gasteiger partial charge is 0.324 e. The molecule has 0 aromatic carbocycles. The quantitative estimate of drug-likeness (QED) is 0.666. The first-order chi connectivity index (χ1) is 6.40. The van der Waals surface area contributed by atoms with Crippen molar-refractivity contribution < 1.29 is 8.42 Å². The van der Waals surface area contributed by atoms with Gasteiger partial charge in [0.2, 0.25) is 0 Å². The van der Waals surface area contributed by atoms with E-state index in [0.717, 1.165) is 19.3 Å². The predicted octanol–water partition coefficient (Wildman–Crippen LogP) is -0.346. The molecular weight excluding hydrogens is 202 g/mol. The molecule has 0 spiro atoms. The maximum Gasteiger partial charge on any atom is 0.279 e. The van der Waals surface area contributed by atoms with E-state index in [0.29, 0.717) is 13.1 Å². The maximum atomic E-state index is 11.5. The third-order valence-corrected chi connectivity index (χ3v) is 4.40. The van der Waals surface area contributed by atoms with Gasteiger partial charge in [0, 0.05) is 25.7 Å². The molecule has 1 rings (SSSR count). The van der Waals surface area contributed by atoms with E-state index in [-0.39, 0.29) is 5.54 Å². The Morgan fingerprint density at radius 2 is 2.07 bits per heavy atom. The number of rotatable bonds is 5. The second-order valence-electron chi connectivity index (χ2n) is 3.96. The van der Waals surface area contributed by atoms with Crippen LogP contribution in [-0.4, -0.2) is 38.4 Å². The minimum absolute atomic E-state index is 0.304. The molecule has 1 saturated carbocycles. The molecule has 1 aliphatic carbocycles. The number of hydrogen-bond acceptors (Lipinski definition) is 3. The average molecular weight is 221 g/mol. The average Bonchev–Trinajstić information content (AvgIpc) is 2.10. The van der Waals surface area contributed by atoms with Crippen LogP contribution in [0, 0.1) is 0 Å². The van der Waals surface area contributed by atoms with Crippen molar-refractivity contribution in [1.82, 2.24) is 9.03 Å². The fraction of sp³-hybridized carbons (Fsp3) is 1.00. The summed E-state index contributed by atoms with van der Waals surface area (Å²) in [4.78, 5) is 0. The lowest BCUT2D eigenvalue weighted by molar-refractivity contribution is 0.249. The summed E-state index contributed by atoms with van der Waals surface area (Å²) in [6, 6.07) is 0. The number of nitrogens with one attached hydrogen (secondary N) is 1. The second-order valence-corrected chi connectivity index (χ2v) is 5.82. The molecule has 6 heteroatoms. The van der Waals surface area contributed by atoms with Gasteiger partial charge in [-0.1, -0.05) is 6.92 Å². The van der Waals surface area contributed by atoms with Gasteiger partial charge in [-0.25, -0.2) is 4.72 Å². The van der Waals surface area contributed by atoms with Crippen molar-refractivity contribution in [3.05, 3.63) is 0 Å². The zero-order chi connectivity index (χ0) is 10.8. The van der Waals surface area contributed by atoms with Crippen molar-refractivity contribution >= 4 is 10.2 Å². The summed E-state index contributed by atoms with van der Waals surface area (Å²) >= 11 is 0. The highest BCUT2D eigenvalue weighted by molar-refractivity contribution is 7.87. The lowest BCUT2D eigenvalue weighted by Crippen LogP contribution is -2.56. The molecule has 3 N–H and O–H groups in total. The van der Waals surface area contributed by atoms with Gasteiger partial charge in [0.25, 0.3) is 10.2 Å². The molecule has 0 atom stereocenters. The molecule has 1 aliphatic rings. The summed E-state index contributed by atoms with van der Waals surface area (Å²) in [5, 5.41) is 0. The van der Waals surface area contributed by atoms with Crippen LogP contribution in [0.1, 0.15) is 26.2 Å². The van der Waals surface area contributed by atoms with Crippen LogP contribution in [0.25, 0.3) is 0 Å². The van der Waals surface area contributed by atoms with E-state index >= 15 is 0 Å². The summed E-state index contributed by atoms with van der Waals surface area (Å²) in [7, 11) is -1.77. The fourth-order valence-corrected chi connectivity index (χ4v) is 2.35. The maximum absolute atomic E-state index is 11.5. The SMILES string of the molecule is CCN(C)S(=O)(=O)NCC1(N)CCC1. The topological polar surface area (TPSA) is 75.4 Å². The van der Waals surface area contributed by atoms with Gasteiger partial charge >= 0.3 is 0 Å². The summed E-state index contributed by atoms with van der Waals surface area (Å²) in [6.07, 6.45) is 2.92. The molecule has 14 heavy (non-hydrogen) atoms. The van der Waals surface area contributed by atoms with Crippen LogP contribution in [0.2, 0.25) is 0 Å². The Kier molecular flexibility index (Phi) is 3.52. The summed E-state index contributed by atoms with van der Waals surface area (Å²) < 4.78 is 26.8. The summed E-state index contributed by atoms with van der Waals surface area (Å²) in [5.41, 5.74) is 5.60. The lowest BCUT2D eigenvalue weighted by atomic mass is 9.78. The zero-order valence-corrected chi connectivity index (χ0v) is 9.60. The van der Waals surface area contributed by atoms with Crippen LogP contribution in [0.15, 0.2) is 0 Å². The molecule has 5 nitrogen and oxygen atoms in total. The van der Waals surface area contributed by atoms with E-state index in [1.54, 1.807) is 14.0 Å². The van der Waals surface area contributed by atoms with Crippen LogP contribution in [0.5, 0.6) is 0 Å². The molecule has 0 amide bonds. The molecule has 0 saturated heterocycles. The highest BCUT2D eigenvalue weighted by atomic mass is 32.2. The number of nitrogens with zero attached hydrogens (tertiary/aromatic N) is 1. The third-order valence-electron chi connectivity index (χ3n) is 2.81. The van der Waals surface area contributed by atoms with E-state index in [2.05, 4.69) is 4.72 Å². The Hall–Kier alpha value is -0.170. The third kappa shape index (κ3) is 2.66. The van der Waals surface area contributed by atoms with Crippen molar-refractivity contribution in [2.45, 2.75) is 31.7 Å². The first-order valence-corrected chi connectivity index (χ1v) is 6.33. The summed E-state index contributed by atoms with van der Waals surface area (Å²) in [5.74, 6) is 0. The van der Waals surface area contributed by atoms with Crippen LogP contribution in [0.3, 0.4) is 0 Å². The first-order valence-electron chi connectivity index (χ1n) is 4.89. The normalized spacial score (nSPS) is 20.9. The molecule has 0 unspecified atom stereocenters. The van der Waals surface area contributed by atoms with E-state index in [1.165, 1.54) is 4.31 Å². The van der Waals surface area contributed by atoms with Crippen LogP contribution >= 0.6 is 0 Å².